The van der Waals surface area contributed by atoms with Gasteiger partial charge < -0.3 is 30.4 Å². The van der Waals surface area contributed by atoms with E-state index in [1.54, 1.807) is 95.1 Å². The summed E-state index contributed by atoms with van der Waals surface area (Å²) in [6.07, 6.45) is 3.19. The topological polar surface area (TPSA) is 155 Å². The van der Waals surface area contributed by atoms with Gasteiger partial charge in [-0.3, -0.25) is 0 Å². The highest BCUT2D eigenvalue weighted by Crippen LogP contribution is 2.36. The van der Waals surface area contributed by atoms with Crippen molar-refractivity contribution in [1.29, 1.82) is 0 Å². The molecule has 11 nitrogen and oxygen atoms in total. The fourth-order valence-corrected chi connectivity index (χ4v) is 8.08. The van der Waals surface area contributed by atoms with Crippen LogP contribution in [0.2, 0.25) is 5.02 Å². The predicted octanol–water partition coefficient (Wildman–Crippen LogP) is 10.5. The van der Waals surface area contributed by atoms with Crippen LogP contribution in [-0.4, -0.2) is 56.1 Å². The number of sulfone groups is 1. The zero-order valence-electron chi connectivity index (χ0n) is 32.8. The molecule has 4 N–H and O–H groups in total. The van der Waals surface area contributed by atoms with Crippen LogP contribution in [0.4, 0.5) is 34.5 Å². The fourth-order valence-electron chi connectivity index (χ4n) is 4.92. The largest absolute Gasteiger partial charge is 0.341 e. The van der Waals surface area contributed by atoms with Gasteiger partial charge in [0.2, 0.25) is 5.95 Å². The van der Waals surface area contributed by atoms with Crippen molar-refractivity contribution >= 4 is 98.3 Å². The lowest BCUT2D eigenvalue weighted by atomic mass is 10.3. The summed E-state index contributed by atoms with van der Waals surface area (Å²) >= 11 is 12.5. The molecule has 0 saturated carbocycles. The molecule has 0 aliphatic rings. The molecule has 5 aromatic rings. The van der Waals surface area contributed by atoms with Crippen LogP contribution in [0, 0.1) is 0 Å². The first-order chi connectivity index (χ1) is 26.8. The van der Waals surface area contributed by atoms with Crippen molar-refractivity contribution in [2.45, 2.75) is 30.9 Å². The van der Waals surface area contributed by atoms with E-state index in [0.717, 1.165) is 22.0 Å². The Bertz CT molecular complexity index is 2450. The molecule has 0 aliphatic carbocycles. The minimum atomic E-state index is -3.50. The van der Waals surface area contributed by atoms with E-state index in [2.05, 4.69) is 42.8 Å². The summed E-state index contributed by atoms with van der Waals surface area (Å²) < 4.78 is 49.7. The summed E-state index contributed by atoms with van der Waals surface area (Å²) in [7, 11) is -8.10. The highest BCUT2D eigenvalue weighted by Gasteiger charge is 2.23. The Kier molecular flexibility index (Phi) is 15.5. The highest BCUT2D eigenvalue weighted by atomic mass is 35.5. The average Bonchev–Trinajstić information content (AvgIpc) is 3.16. The number of para-hydroxylation sites is 2. The third-order valence-corrected chi connectivity index (χ3v) is 14.1. The van der Waals surface area contributed by atoms with Gasteiger partial charge in [0.1, 0.15) is 25.1 Å². The van der Waals surface area contributed by atoms with E-state index in [1.165, 1.54) is 6.20 Å². The number of nitrogens with one attached hydrogen (secondary N) is 4. The smallest absolute Gasteiger partial charge is 0.229 e. The van der Waals surface area contributed by atoms with Crippen LogP contribution in [-0.2, 0) is 19.0 Å². The Balaban J connectivity index is 0.000000257. The van der Waals surface area contributed by atoms with Crippen molar-refractivity contribution in [2.75, 3.05) is 47.9 Å². The van der Waals surface area contributed by atoms with Gasteiger partial charge in [0, 0.05) is 27.7 Å². The van der Waals surface area contributed by atoms with Crippen molar-refractivity contribution in [3.05, 3.63) is 138 Å². The van der Waals surface area contributed by atoms with Gasteiger partial charge in [0.25, 0.3) is 0 Å². The van der Waals surface area contributed by atoms with Gasteiger partial charge in [-0.2, -0.15) is 4.98 Å². The van der Waals surface area contributed by atoms with Crippen LogP contribution in [0.25, 0.3) is 0 Å². The molecule has 0 bridgehead atoms. The molecule has 0 radical (unpaired) electrons. The van der Waals surface area contributed by atoms with Crippen LogP contribution < -0.4 is 31.9 Å². The standard InChI is InChI=1S/C21H24ClN4O3PS.C20H23ClN3OP/c1-14(2)31(28,29)19-8-6-5-7-18(19)25-20-17(22)13-23-21(26-20)24-15-9-11-16(12-10-15)30(3,4)27;1-5-19(21)20(24-16-9-7-6-8-10-16)23-15(2)22-17-11-13-18(14-12-17)26(3,4)25/h5-14H,1-4H3,(H2,23,24,25,26);5-14,22H,2H2,1,3-4H3,(H,23,24)/b;19-5+. The number of aliphatic imine (C=N–C) groups is 1. The van der Waals surface area contributed by atoms with E-state index in [4.69, 9.17) is 23.2 Å². The molecule has 0 amide bonds. The van der Waals surface area contributed by atoms with Gasteiger partial charge in [-0.25, -0.2) is 18.4 Å². The molecule has 1 aromatic heterocycles. The lowest BCUT2D eigenvalue weighted by molar-refractivity contribution is 0.586. The normalized spacial score (nSPS) is 12.3. The second kappa shape index (κ2) is 19.6. The van der Waals surface area contributed by atoms with Crippen molar-refractivity contribution < 1.29 is 17.5 Å². The van der Waals surface area contributed by atoms with Gasteiger partial charge in [0.05, 0.1) is 27.1 Å². The molecule has 16 heteroatoms. The minimum absolute atomic E-state index is 0.174. The fraction of sp³-hybridized carbons (Fsp3) is 0.195. The molecule has 300 valence electrons. The van der Waals surface area contributed by atoms with Gasteiger partial charge >= 0.3 is 0 Å². The summed E-state index contributed by atoms with van der Waals surface area (Å²) in [4.78, 5) is 13.2. The van der Waals surface area contributed by atoms with Crippen LogP contribution in [0.5, 0.6) is 0 Å². The molecule has 5 rings (SSSR count). The second-order valence-corrected chi connectivity index (χ2v) is 23.4. The summed E-state index contributed by atoms with van der Waals surface area (Å²) in [5.74, 6) is 1.49. The summed E-state index contributed by atoms with van der Waals surface area (Å²) in [5.41, 5.74) is 2.79. The quantitative estimate of drug-likeness (QED) is 0.0511. The lowest BCUT2D eigenvalue weighted by Crippen LogP contribution is -2.15. The number of allylic oxidation sites excluding steroid dienone is 1. The van der Waals surface area contributed by atoms with E-state index in [-0.39, 0.29) is 21.7 Å². The monoisotopic (exact) mass is 865 g/mol. The molecule has 0 fully saturated rings. The van der Waals surface area contributed by atoms with Crippen molar-refractivity contribution in [2.24, 2.45) is 4.99 Å². The van der Waals surface area contributed by atoms with Crippen LogP contribution in [0.15, 0.2) is 143 Å². The zero-order valence-corrected chi connectivity index (χ0v) is 36.9. The maximum Gasteiger partial charge on any atom is 0.229 e. The van der Waals surface area contributed by atoms with Crippen LogP contribution in [0.3, 0.4) is 0 Å². The molecule has 0 atom stereocenters. The molecule has 1 heterocycles. The van der Waals surface area contributed by atoms with Gasteiger partial charge in [-0.1, -0.05) is 66.2 Å². The molecular weight excluding hydrogens is 819 g/mol. The van der Waals surface area contributed by atoms with E-state index in [0.29, 0.717) is 28.1 Å². The Labute approximate surface area is 345 Å². The maximum absolute atomic E-state index is 12.7. The Morgan fingerprint density at radius 3 is 1.84 bits per heavy atom. The molecule has 0 unspecified atom stereocenters. The van der Waals surface area contributed by atoms with Crippen molar-refractivity contribution in [3.63, 3.8) is 0 Å². The van der Waals surface area contributed by atoms with E-state index in [1.807, 2.05) is 61.5 Å². The number of hydrogen-bond donors (Lipinski definition) is 4. The summed E-state index contributed by atoms with van der Waals surface area (Å²) in [5, 5.41) is 14.2. The maximum atomic E-state index is 12.7. The number of rotatable bonds is 13. The van der Waals surface area contributed by atoms with Gasteiger partial charge in [0.15, 0.2) is 21.5 Å². The average molecular weight is 867 g/mol. The van der Waals surface area contributed by atoms with E-state index >= 15 is 0 Å². The number of hydrogen-bond acceptors (Lipinski definition) is 10. The summed E-state index contributed by atoms with van der Waals surface area (Å²) in [6.45, 7) is 16.0. The molecule has 0 aliphatic heterocycles. The number of halogens is 2. The number of aromatic nitrogens is 2. The highest BCUT2D eigenvalue weighted by molar-refractivity contribution is 7.92. The number of nitrogens with zero attached hydrogens (tertiary/aromatic N) is 3. The van der Waals surface area contributed by atoms with E-state index < -0.39 is 29.4 Å². The number of benzene rings is 4. The first-order valence-corrected chi connectivity index (χ1v) is 25.2. The predicted molar refractivity (Wildman–Crippen MR) is 243 cm³/mol. The van der Waals surface area contributed by atoms with Gasteiger partial charge in [-0.15, -0.1) is 0 Å². The number of amidine groups is 1. The van der Waals surface area contributed by atoms with Crippen molar-refractivity contribution in [3.8, 4) is 0 Å². The third-order valence-electron chi connectivity index (χ3n) is 8.10. The molecular formula is C41H47Cl2N7O4P2S. The molecule has 0 spiro atoms. The Hall–Kier alpha value is -4.70. The van der Waals surface area contributed by atoms with E-state index in [9.17, 15) is 17.5 Å². The lowest BCUT2D eigenvalue weighted by Gasteiger charge is -2.15. The Morgan fingerprint density at radius 1 is 0.772 bits per heavy atom. The second-order valence-electron chi connectivity index (χ2n) is 13.7. The van der Waals surface area contributed by atoms with Crippen LogP contribution in [0.1, 0.15) is 20.8 Å². The summed E-state index contributed by atoms with van der Waals surface area (Å²) in [6, 6.07) is 30.9. The first kappa shape index (κ1) is 45.0. The zero-order chi connectivity index (χ0) is 42.0. The molecule has 0 saturated heterocycles. The SMILES string of the molecule is C=C(/N=C(Nc1ccccc1)\C(Cl)=C/C)Nc1ccc(P(C)(C)=O)cc1.CC(C)S(=O)(=O)c1ccccc1Nc1nc(Nc2ccc(P(C)(C)=O)cc2)ncc1Cl. The minimum Gasteiger partial charge on any atom is -0.341 e. The molecule has 4 aromatic carbocycles. The molecule has 57 heavy (non-hydrogen) atoms. The van der Waals surface area contributed by atoms with Gasteiger partial charge in [-0.05, 0) is 120 Å². The Morgan fingerprint density at radius 2 is 1.30 bits per heavy atom. The third kappa shape index (κ3) is 13.2. The van der Waals surface area contributed by atoms with Crippen LogP contribution >= 0.6 is 37.5 Å². The first-order valence-electron chi connectivity index (χ1n) is 17.7. The van der Waals surface area contributed by atoms with Crippen molar-refractivity contribution in [1.82, 2.24) is 9.97 Å². The number of anilines is 6.